The van der Waals surface area contributed by atoms with Gasteiger partial charge in [-0.3, -0.25) is 0 Å². The third kappa shape index (κ3) is 3.68. The highest BCUT2D eigenvalue weighted by Gasteiger charge is 2.45. The third-order valence-electron chi connectivity index (χ3n) is 4.99. The van der Waals surface area contributed by atoms with E-state index in [0.717, 1.165) is 11.7 Å². The second-order valence-electron chi connectivity index (χ2n) is 6.72. The number of halogens is 2. The van der Waals surface area contributed by atoms with E-state index in [-0.39, 0.29) is 5.82 Å². The lowest BCUT2D eigenvalue weighted by Crippen LogP contribution is -2.32. The number of benzene rings is 4. The molecule has 0 radical (unpaired) electrons. The molecule has 0 saturated carbocycles. The molecule has 0 amide bonds. The van der Waals surface area contributed by atoms with Crippen LogP contribution in [0.1, 0.15) is 5.56 Å². The zero-order chi connectivity index (χ0) is 19.4. The molecular weight excluding hydrogens is 430 g/mol. The van der Waals surface area contributed by atoms with Crippen molar-refractivity contribution < 1.29 is 4.39 Å². The Bertz CT molecular complexity index is 953. The summed E-state index contributed by atoms with van der Waals surface area (Å²) >= 11 is 3.28. The van der Waals surface area contributed by atoms with Gasteiger partial charge < -0.3 is 0 Å². The van der Waals surface area contributed by atoms with Gasteiger partial charge >= 0.3 is 0 Å². The third-order valence-corrected chi connectivity index (χ3v) is 10.0. The number of rotatable bonds is 5. The van der Waals surface area contributed by atoms with Gasteiger partial charge in [0.25, 0.3) is 0 Å². The van der Waals surface area contributed by atoms with E-state index in [9.17, 15) is 4.39 Å². The standard InChI is InChI=1S/C25H20BrFP/c26-24-17-16-20(18-25(24)27)19-28(21-10-4-1-5-11-21,22-12-6-2-7-13-22)23-14-8-3-9-15-23/h1-18H,19H2/q+1. The van der Waals surface area contributed by atoms with Crippen LogP contribution < -0.4 is 15.9 Å². The van der Waals surface area contributed by atoms with Gasteiger partial charge in [0.2, 0.25) is 0 Å². The van der Waals surface area contributed by atoms with E-state index in [1.165, 1.54) is 15.9 Å². The normalized spacial score (nSPS) is 11.4. The first-order chi connectivity index (χ1) is 13.7. The lowest BCUT2D eigenvalue weighted by atomic mass is 10.2. The highest BCUT2D eigenvalue weighted by atomic mass is 79.9. The van der Waals surface area contributed by atoms with Crippen LogP contribution in [-0.4, -0.2) is 0 Å². The van der Waals surface area contributed by atoms with Crippen LogP contribution in [0.2, 0.25) is 0 Å². The first-order valence-electron chi connectivity index (χ1n) is 9.19. The van der Waals surface area contributed by atoms with Gasteiger partial charge in [-0.05, 0) is 70.0 Å². The molecule has 0 heterocycles. The van der Waals surface area contributed by atoms with Crippen molar-refractivity contribution in [2.24, 2.45) is 0 Å². The smallest absolute Gasteiger partial charge is 0.137 e. The minimum Gasteiger partial charge on any atom is -0.206 e. The van der Waals surface area contributed by atoms with Crippen molar-refractivity contribution in [1.82, 2.24) is 0 Å². The van der Waals surface area contributed by atoms with Crippen molar-refractivity contribution in [1.29, 1.82) is 0 Å². The van der Waals surface area contributed by atoms with E-state index in [4.69, 9.17) is 0 Å². The fourth-order valence-electron chi connectivity index (χ4n) is 3.68. The Morgan fingerprint density at radius 3 is 1.43 bits per heavy atom. The van der Waals surface area contributed by atoms with E-state index in [1.54, 1.807) is 12.1 Å². The molecule has 0 aromatic heterocycles. The van der Waals surface area contributed by atoms with Gasteiger partial charge in [-0.25, -0.2) is 4.39 Å². The molecule has 0 N–H and O–H groups in total. The van der Waals surface area contributed by atoms with Crippen LogP contribution in [0.3, 0.4) is 0 Å². The summed E-state index contributed by atoms with van der Waals surface area (Å²) in [6, 6.07) is 37.5. The van der Waals surface area contributed by atoms with Crippen molar-refractivity contribution in [2.45, 2.75) is 6.16 Å². The fourth-order valence-corrected chi connectivity index (χ4v) is 8.16. The van der Waals surface area contributed by atoms with Crippen molar-refractivity contribution >= 4 is 39.1 Å². The van der Waals surface area contributed by atoms with Crippen LogP contribution >= 0.6 is 23.2 Å². The largest absolute Gasteiger partial charge is 0.206 e. The lowest BCUT2D eigenvalue weighted by Gasteiger charge is -2.28. The van der Waals surface area contributed by atoms with E-state index in [2.05, 4.69) is 88.7 Å². The summed E-state index contributed by atoms with van der Waals surface area (Å²) in [5.41, 5.74) is 1.01. The molecule has 0 aliphatic carbocycles. The first-order valence-corrected chi connectivity index (χ1v) is 12.0. The van der Waals surface area contributed by atoms with E-state index in [1.807, 2.05) is 24.3 Å². The minimum atomic E-state index is -1.99. The number of hydrogen-bond acceptors (Lipinski definition) is 0. The molecule has 4 aromatic rings. The molecule has 138 valence electrons. The van der Waals surface area contributed by atoms with Crippen LogP contribution in [0.4, 0.5) is 4.39 Å². The van der Waals surface area contributed by atoms with E-state index >= 15 is 0 Å². The van der Waals surface area contributed by atoms with Gasteiger partial charge in [0.05, 0.1) is 10.6 Å². The van der Waals surface area contributed by atoms with Crippen molar-refractivity contribution in [3.05, 3.63) is 125 Å². The highest BCUT2D eigenvalue weighted by molar-refractivity contribution is 9.10. The minimum absolute atomic E-state index is 0.218. The number of hydrogen-bond donors (Lipinski definition) is 0. The molecule has 3 heteroatoms. The Morgan fingerprint density at radius 2 is 1.04 bits per heavy atom. The van der Waals surface area contributed by atoms with E-state index in [0.29, 0.717) is 4.47 Å². The first kappa shape index (κ1) is 19.1. The maximum atomic E-state index is 14.3. The van der Waals surface area contributed by atoms with Crippen LogP contribution in [-0.2, 0) is 6.16 Å². The summed E-state index contributed by atoms with van der Waals surface area (Å²) in [5, 5.41) is 3.90. The van der Waals surface area contributed by atoms with E-state index < -0.39 is 7.26 Å². The summed E-state index contributed by atoms with van der Waals surface area (Å²) < 4.78 is 14.8. The van der Waals surface area contributed by atoms with Crippen LogP contribution in [0.25, 0.3) is 0 Å². The summed E-state index contributed by atoms with van der Waals surface area (Å²) in [4.78, 5) is 0. The second kappa shape index (κ2) is 8.39. The predicted octanol–water partition coefficient (Wildman–Crippen LogP) is 6.08. The lowest BCUT2D eigenvalue weighted by molar-refractivity contribution is 0.619. The SMILES string of the molecule is Fc1cc(C[P+](c2ccccc2)(c2ccccc2)c2ccccc2)ccc1Br. The molecule has 0 fully saturated rings. The average Bonchev–Trinajstić information content (AvgIpc) is 2.76. The van der Waals surface area contributed by atoms with Crippen LogP contribution in [0.5, 0.6) is 0 Å². The molecule has 0 spiro atoms. The Balaban J connectivity index is 1.99. The monoisotopic (exact) mass is 449 g/mol. The molecule has 0 nitrogen and oxygen atoms in total. The molecule has 0 saturated heterocycles. The van der Waals surface area contributed by atoms with Gasteiger partial charge in [0.15, 0.2) is 0 Å². The Hall–Kier alpha value is -2.28. The highest BCUT2D eigenvalue weighted by Crippen LogP contribution is 2.58. The molecule has 4 aromatic carbocycles. The topological polar surface area (TPSA) is 0 Å². The quantitative estimate of drug-likeness (QED) is 0.323. The molecular formula is C25H20BrFP+. The zero-order valence-corrected chi connectivity index (χ0v) is 17.8. The molecule has 4 rings (SSSR count). The maximum absolute atomic E-state index is 14.3. The molecule has 0 bridgehead atoms. The maximum Gasteiger partial charge on any atom is 0.137 e. The van der Waals surface area contributed by atoms with Crippen LogP contribution in [0, 0.1) is 5.82 Å². The van der Waals surface area contributed by atoms with Gasteiger partial charge in [-0.1, -0.05) is 60.7 Å². The Kier molecular flexibility index (Phi) is 5.71. The van der Waals surface area contributed by atoms with Gasteiger partial charge in [-0.2, -0.15) is 0 Å². The summed E-state index contributed by atoms with van der Waals surface area (Å²) in [6.45, 7) is 0. The Morgan fingerprint density at radius 1 is 0.607 bits per heavy atom. The molecule has 0 aliphatic heterocycles. The van der Waals surface area contributed by atoms with Gasteiger partial charge in [0, 0.05) is 0 Å². The molecule has 28 heavy (non-hydrogen) atoms. The van der Waals surface area contributed by atoms with Crippen molar-refractivity contribution in [3.63, 3.8) is 0 Å². The van der Waals surface area contributed by atoms with Crippen LogP contribution in [0.15, 0.2) is 114 Å². The summed E-state index contributed by atoms with van der Waals surface area (Å²) in [7, 11) is -1.99. The Labute approximate surface area is 174 Å². The van der Waals surface area contributed by atoms with Gasteiger partial charge in [-0.15, -0.1) is 0 Å². The zero-order valence-electron chi connectivity index (χ0n) is 15.3. The van der Waals surface area contributed by atoms with Gasteiger partial charge in [0.1, 0.15) is 29.0 Å². The fraction of sp³-hybridized carbons (Fsp3) is 0.0400. The summed E-state index contributed by atoms with van der Waals surface area (Å²) in [6.07, 6.45) is 0.773. The second-order valence-corrected chi connectivity index (χ2v) is 11.1. The summed E-state index contributed by atoms with van der Waals surface area (Å²) in [5.74, 6) is -0.218. The average molecular weight is 450 g/mol. The molecule has 0 aliphatic rings. The van der Waals surface area contributed by atoms with Crippen molar-refractivity contribution in [3.8, 4) is 0 Å². The predicted molar refractivity (Wildman–Crippen MR) is 123 cm³/mol. The molecule has 0 atom stereocenters. The molecule has 0 unspecified atom stereocenters. The van der Waals surface area contributed by atoms with Crippen molar-refractivity contribution in [2.75, 3.05) is 0 Å².